The molecule has 2 rings (SSSR count). The van der Waals surface area contributed by atoms with Crippen molar-refractivity contribution in [3.63, 3.8) is 0 Å². The monoisotopic (exact) mass is 200 g/mol. The Morgan fingerprint density at radius 1 is 0.733 bits per heavy atom. The molecule has 0 saturated heterocycles. The predicted octanol–water partition coefficient (Wildman–Crippen LogP) is 1.90. The maximum absolute atomic E-state index is 2.55. The topological polar surface area (TPSA) is 0 Å². The van der Waals surface area contributed by atoms with Crippen LogP contribution in [-0.4, -0.2) is 6.71 Å². The minimum atomic E-state index is 0. The summed E-state index contributed by atoms with van der Waals surface area (Å²) >= 11 is 0. The first kappa shape index (κ1) is 13.7. The van der Waals surface area contributed by atoms with E-state index >= 15 is 0 Å². The summed E-state index contributed by atoms with van der Waals surface area (Å²) < 4.78 is 0. The Morgan fingerprint density at radius 3 is 1.40 bits per heavy atom. The summed E-state index contributed by atoms with van der Waals surface area (Å²) in [5.41, 5.74) is 0. The summed E-state index contributed by atoms with van der Waals surface area (Å²) in [6.45, 7) is 3.59. The number of hydrogen-bond donors (Lipinski definition) is 0. The summed E-state index contributed by atoms with van der Waals surface area (Å²) in [4.78, 5) is 0. The van der Waals surface area contributed by atoms with Gasteiger partial charge < -0.3 is 1.43 Å². The Balaban J connectivity index is 0.00000112. The zero-order chi connectivity index (χ0) is 9.80. The first-order valence-corrected chi connectivity index (χ1v) is 6.88. The Bertz CT molecular complexity index is 147. The fourth-order valence-electron chi connectivity index (χ4n) is 3.70. The van der Waals surface area contributed by atoms with E-state index < -0.39 is 0 Å². The maximum atomic E-state index is 2.55. The van der Waals surface area contributed by atoms with Crippen LogP contribution in [0.2, 0.25) is 18.5 Å². The number of hydrogen-bond acceptors (Lipinski definition) is 0. The van der Waals surface area contributed by atoms with Crippen molar-refractivity contribution in [2.75, 3.05) is 0 Å². The van der Waals surface area contributed by atoms with Gasteiger partial charge in [-0.25, -0.2) is 0 Å². The van der Waals surface area contributed by atoms with Gasteiger partial charge in [-0.15, -0.1) is 0 Å². The van der Waals surface area contributed by atoms with E-state index in [0.29, 0.717) is 0 Å². The molecule has 0 aromatic carbocycles. The third-order valence-corrected chi connectivity index (χ3v) is 4.79. The molecule has 2 heteroatoms. The summed E-state index contributed by atoms with van der Waals surface area (Å²) in [7, 11) is 0. The molecule has 0 bridgehead atoms. The van der Waals surface area contributed by atoms with E-state index in [4.69, 9.17) is 0 Å². The molecular weight excluding hydrogens is 174 g/mol. The van der Waals surface area contributed by atoms with Crippen LogP contribution in [0.5, 0.6) is 0 Å². The fraction of sp³-hybridized carbons (Fsp3) is 1.00. The van der Waals surface area contributed by atoms with Gasteiger partial charge >= 0.3 is 18.9 Å². The van der Waals surface area contributed by atoms with Crippen molar-refractivity contribution >= 4 is 6.71 Å². The van der Waals surface area contributed by atoms with Gasteiger partial charge in [-0.1, -0.05) is 82.7 Å². The molecule has 2 aliphatic carbocycles. The summed E-state index contributed by atoms with van der Waals surface area (Å²) in [5.74, 6) is 2.18. The van der Waals surface area contributed by atoms with E-state index in [1.165, 1.54) is 64.2 Å². The SMILES string of the molecule is CB(C1CCCCC1)C1CCCCC1.[H-].[Li+]. The molecule has 0 nitrogen and oxygen atoms in total. The van der Waals surface area contributed by atoms with Gasteiger partial charge in [0, 0.05) is 0 Å². The molecule has 0 radical (unpaired) electrons. The molecule has 2 aliphatic rings. The smallest absolute Gasteiger partial charge is 1.00 e. The standard InChI is InChI=1S/C13H25B.Li.H/c1-14(12-8-4-2-5-9-12)13-10-6-3-7-11-13;;/h12-13H,2-11H2,1H3;;/q;+1;-1. The van der Waals surface area contributed by atoms with Gasteiger partial charge in [0.1, 0.15) is 6.71 Å². The molecule has 0 spiro atoms. The molecule has 15 heavy (non-hydrogen) atoms. The quantitative estimate of drug-likeness (QED) is 0.597. The average Bonchev–Trinajstić information content (AvgIpc) is 2.30. The Labute approximate surface area is 110 Å². The van der Waals surface area contributed by atoms with E-state index in [-0.39, 0.29) is 20.3 Å². The van der Waals surface area contributed by atoms with Crippen molar-refractivity contribution in [3.8, 4) is 0 Å². The zero-order valence-corrected chi connectivity index (χ0v) is 10.8. The predicted molar refractivity (Wildman–Crippen MR) is 66.4 cm³/mol. The molecule has 0 atom stereocenters. The van der Waals surface area contributed by atoms with Crippen LogP contribution in [0.25, 0.3) is 0 Å². The van der Waals surface area contributed by atoms with Crippen LogP contribution in [0, 0.1) is 0 Å². The van der Waals surface area contributed by atoms with E-state index in [0.717, 1.165) is 18.3 Å². The van der Waals surface area contributed by atoms with Crippen LogP contribution in [0.1, 0.15) is 65.6 Å². The van der Waals surface area contributed by atoms with Gasteiger partial charge in [-0.2, -0.15) is 0 Å². The molecule has 0 N–H and O–H groups in total. The van der Waals surface area contributed by atoms with E-state index in [1.807, 2.05) is 0 Å². The average molecular weight is 200 g/mol. The summed E-state index contributed by atoms with van der Waals surface area (Å²) in [5, 5.41) is 0. The van der Waals surface area contributed by atoms with E-state index in [2.05, 4.69) is 6.82 Å². The Morgan fingerprint density at radius 2 is 1.07 bits per heavy atom. The third-order valence-electron chi connectivity index (χ3n) is 4.79. The van der Waals surface area contributed by atoms with Gasteiger partial charge in [0.05, 0.1) is 0 Å². The third kappa shape index (κ3) is 3.87. The van der Waals surface area contributed by atoms with E-state index in [1.54, 1.807) is 0 Å². The van der Waals surface area contributed by atoms with Crippen molar-refractivity contribution in [1.29, 1.82) is 0 Å². The van der Waals surface area contributed by atoms with Crippen LogP contribution in [-0.2, 0) is 0 Å². The van der Waals surface area contributed by atoms with Crippen LogP contribution in [0.3, 0.4) is 0 Å². The molecule has 2 saturated carbocycles. The molecular formula is C13H26BLi. The van der Waals surface area contributed by atoms with Crippen molar-refractivity contribution in [1.82, 2.24) is 0 Å². The van der Waals surface area contributed by atoms with Crippen LogP contribution >= 0.6 is 0 Å². The molecule has 0 unspecified atom stereocenters. The summed E-state index contributed by atoms with van der Waals surface area (Å²) in [6.07, 6.45) is 15.2. The minimum absolute atomic E-state index is 0. The largest absolute Gasteiger partial charge is 1.00 e. The van der Waals surface area contributed by atoms with Gasteiger partial charge in [0.2, 0.25) is 0 Å². The van der Waals surface area contributed by atoms with Gasteiger partial charge in [0.15, 0.2) is 0 Å². The molecule has 0 heterocycles. The van der Waals surface area contributed by atoms with Crippen LogP contribution in [0.15, 0.2) is 0 Å². The minimum Gasteiger partial charge on any atom is -1.00 e. The Hall–Kier alpha value is 0.662. The van der Waals surface area contributed by atoms with Crippen molar-refractivity contribution in [2.24, 2.45) is 0 Å². The van der Waals surface area contributed by atoms with Gasteiger partial charge in [-0.3, -0.25) is 0 Å². The van der Waals surface area contributed by atoms with Crippen LogP contribution < -0.4 is 18.9 Å². The second kappa shape index (κ2) is 7.08. The summed E-state index contributed by atoms with van der Waals surface area (Å²) in [6, 6.07) is 0. The van der Waals surface area contributed by atoms with Crippen molar-refractivity contribution < 1.29 is 20.3 Å². The normalized spacial score (nSPS) is 24.6. The second-order valence-electron chi connectivity index (χ2n) is 5.66. The molecule has 82 valence electrons. The molecule has 0 amide bonds. The fourth-order valence-corrected chi connectivity index (χ4v) is 3.70. The Kier molecular flexibility index (Phi) is 6.48. The zero-order valence-electron chi connectivity index (χ0n) is 11.8. The van der Waals surface area contributed by atoms with Gasteiger partial charge in [-0.05, 0) is 0 Å². The van der Waals surface area contributed by atoms with E-state index in [9.17, 15) is 0 Å². The number of rotatable bonds is 2. The molecule has 0 aromatic rings. The van der Waals surface area contributed by atoms with Crippen molar-refractivity contribution in [2.45, 2.75) is 82.7 Å². The first-order chi connectivity index (χ1) is 6.88. The molecule has 0 aliphatic heterocycles. The van der Waals surface area contributed by atoms with Crippen molar-refractivity contribution in [3.05, 3.63) is 0 Å². The van der Waals surface area contributed by atoms with Crippen LogP contribution in [0.4, 0.5) is 0 Å². The maximum Gasteiger partial charge on any atom is 1.00 e. The molecule has 0 aromatic heterocycles. The molecule has 2 fully saturated rings. The second-order valence-corrected chi connectivity index (χ2v) is 5.66. The first-order valence-electron chi connectivity index (χ1n) is 6.88. The van der Waals surface area contributed by atoms with Gasteiger partial charge in [0.25, 0.3) is 0 Å².